The molecule has 0 heterocycles. The molecule has 3 aromatic carbocycles. The molecule has 0 aliphatic heterocycles. The van der Waals surface area contributed by atoms with E-state index >= 15 is 0 Å². The molecule has 0 radical (unpaired) electrons. The molecule has 7 heteroatoms. The van der Waals surface area contributed by atoms with E-state index < -0.39 is 4.92 Å². The Labute approximate surface area is 183 Å². The van der Waals surface area contributed by atoms with Gasteiger partial charge in [0.05, 0.1) is 14.7 Å². The summed E-state index contributed by atoms with van der Waals surface area (Å²) < 4.78 is 0.820. The largest absolute Gasteiger partial charge is 0.348 e. The van der Waals surface area contributed by atoms with Crippen LogP contribution in [-0.4, -0.2) is 17.1 Å². The molecule has 0 atom stereocenters. The molecule has 3 rings (SSSR count). The molecular weight excluding hydrogens is 416 g/mol. The van der Waals surface area contributed by atoms with E-state index in [2.05, 4.69) is 5.32 Å². The van der Waals surface area contributed by atoms with Crippen molar-refractivity contribution in [3.8, 4) is 0 Å². The molecular formula is C23H20N2O3S2. The van der Waals surface area contributed by atoms with Gasteiger partial charge >= 0.3 is 0 Å². The molecule has 1 amide bonds. The van der Waals surface area contributed by atoms with E-state index in [0.29, 0.717) is 17.7 Å². The number of rotatable bonds is 8. The summed E-state index contributed by atoms with van der Waals surface area (Å²) >= 11 is 2.98. The number of amides is 1. The third-order valence-electron chi connectivity index (χ3n) is 4.23. The minimum Gasteiger partial charge on any atom is -0.348 e. The van der Waals surface area contributed by atoms with Gasteiger partial charge in [0.2, 0.25) is 0 Å². The van der Waals surface area contributed by atoms with Crippen molar-refractivity contribution >= 4 is 40.7 Å². The Morgan fingerprint density at radius 1 is 0.933 bits per heavy atom. The number of benzene rings is 3. The van der Waals surface area contributed by atoms with Gasteiger partial charge in [0.1, 0.15) is 0 Å². The van der Waals surface area contributed by atoms with Gasteiger partial charge in [0, 0.05) is 23.6 Å². The predicted molar refractivity (Wildman–Crippen MR) is 124 cm³/mol. The Bertz CT molecular complexity index is 1040. The van der Waals surface area contributed by atoms with Crippen molar-refractivity contribution in [2.45, 2.75) is 11.4 Å². The molecule has 5 nitrogen and oxygen atoms in total. The Morgan fingerprint density at radius 2 is 1.53 bits per heavy atom. The van der Waals surface area contributed by atoms with Gasteiger partial charge in [0.15, 0.2) is 0 Å². The lowest BCUT2D eigenvalue weighted by molar-refractivity contribution is -0.384. The second-order valence-corrected chi connectivity index (χ2v) is 8.41. The average Bonchev–Trinajstić information content (AvgIpc) is 2.79. The number of hydrogen-bond donors (Lipinski definition) is 1. The molecule has 0 bridgehead atoms. The van der Waals surface area contributed by atoms with Crippen molar-refractivity contribution in [1.29, 1.82) is 0 Å². The number of nitrogens with zero attached hydrogens (tertiary/aromatic N) is 1. The first kappa shape index (κ1) is 21.7. The van der Waals surface area contributed by atoms with Crippen molar-refractivity contribution in [3.05, 3.63) is 110 Å². The van der Waals surface area contributed by atoms with Crippen molar-refractivity contribution in [1.82, 2.24) is 5.32 Å². The molecule has 0 fully saturated rings. The normalized spacial score (nSPS) is 11.5. The number of hydrogen-bond acceptors (Lipinski definition) is 5. The molecule has 0 aliphatic rings. The third-order valence-corrected chi connectivity index (χ3v) is 6.46. The number of carbonyl (C=O) groups excluding carboxylic acids is 1. The van der Waals surface area contributed by atoms with E-state index in [1.54, 1.807) is 12.1 Å². The highest BCUT2D eigenvalue weighted by molar-refractivity contribution is 8.22. The zero-order valence-electron chi connectivity index (χ0n) is 16.3. The zero-order valence-corrected chi connectivity index (χ0v) is 17.9. The maximum absolute atomic E-state index is 13.2. The fraction of sp³-hybridized carbons (Fsp3) is 0.0870. The van der Waals surface area contributed by atoms with E-state index in [9.17, 15) is 14.9 Å². The maximum atomic E-state index is 13.2. The van der Waals surface area contributed by atoms with Gasteiger partial charge in [-0.1, -0.05) is 60.3 Å². The van der Waals surface area contributed by atoms with Crippen molar-refractivity contribution in [2.24, 2.45) is 0 Å². The quantitative estimate of drug-likeness (QED) is 0.211. The smallest absolute Gasteiger partial charge is 0.269 e. The van der Waals surface area contributed by atoms with Crippen LogP contribution in [0, 0.1) is 10.1 Å². The second-order valence-electron chi connectivity index (χ2n) is 6.25. The number of carbonyl (C=O) groups is 1. The van der Waals surface area contributed by atoms with E-state index in [0.717, 1.165) is 14.7 Å². The molecule has 30 heavy (non-hydrogen) atoms. The Morgan fingerprint density at radius 3 is 2.10 bits per heavy atom. The van der Waals surface area contributed by atoms with E-state index in [1.807, 2.05) is 66.9 Å². The lowest BCUT2D eigenvalue weighted by atomic mass is 10.1. The number of nitrogens with one attached hydrogen (secondary N) is 1. The summed E-state index contributed by atoms with van der Waals surface area (Å²) in [6.07, 6.45) is 1.92. The van der Waals surface area contributed by atoms with E-state index in [4.69, 9.17) is 0 Å². The molecule has 3 aromatic rings. The summed E-state index contributed by atoms with van der Waals surface area (Å²) in [4.78, 5) is 24.8. The van der Waals surface area contributed by atoms with Crippen molar-refractivity contribution < 1.29 is 9.72 Å². The number of nitro groups is 1. The number of non-ortho nitro benzene ring substituents is 1. The highest BCUT2D eigenvalue weighted by atomic mass is 32.2. The van der Waals surface area contributed by atoms with Crippen LogP contribution in [-0.2, 0) is 11.3 Å². The summed E-state index contributed by atoms with van der Waals surface area (Å²) in [5, 5.41) is 14.0. The Hall–Kier alpha value is -3.03. The highest BCUT2D eigenvalue weighted by Gasteiger charge is 2.19. The topological polar surface area (TPSA) is 72.2 Å². The van der Waals surface area contributed by atoms with E-state index in [1.165, 1.54) is 35.7 Å². The minimum atomic E-state index is -0.448. The summed E-state index contributed by atoms with van der Waals surface area (Å²) in [6, 6.07) is 25.6. The Kier molecular flexibility index (Phi) is 7.70. The van der Waals surface area contributed by atoms with Gasteiger partial charge in [-0.25, -0.2) is 0 Å². The summed E-state index contributed by atoms with van der Waals surface area (Å²) in [6.45, 7) is 0.397. The standard InChI is InChI=1S/C23H20N2O3S2/c1-29-23(30-20-10-6-3-7-11-20)21(18-12-14-19(15-13-18)25(27)28)22(26)24-16-17-8-4-2-5-9-17/h2-15H,16H2,1H3,(H,24,26). The lowest BCUT2D eigenvalue weighted by Gasteiger charge is -2.14. The van der Waals surface area contributed by atoms with Crippen LogP contribution < -0.4 is 5.32 Å². The highest BCUT2D eigenvalue weighted by Crippen LogP contribution is 2.39. The average molecular weight is 437 g/mol. The first-order valence-electron chi connectivity index (χ1n) is 9.16. The van der Waals surface area contributed by atoms with Crippen LogP contribution in [0.3, 0.4) is 0 Å². The summed E-state index contributed by atoms with van der Waals surface area (Å²) in [5.74, 6) is -0.222. The monoisotopic (exact) mass is 436 g/mol. The summed E-state index contributed by atoms with van der Waals surface area (Å²) in [5.41, 5.74) is 2.13. The van der Waals surface area contributed by atoms with Crippen LogP contribution in [0.15, 0.2) is 94.1 Å². The molecule has 0 saturated carbocycles. The van der Waals surface area contributed by atoms with Crippen LogP contribution in [0.25, 0.3) is 5.57 Å². The molecule has 0 aromatic heterocycles. The molecule has 0 unspecified atom stereocenters. The second kappa shape index (κ2) is 10.7. The number of thioether (sulfide) groups is 2. The Balaban J connectivity index is 1.95. The fourth-order valence-electron chi connectivity index (χ4n) is 2.75. The lowest BCUT2D eigenvalue weighted by Crippen LogP contribution is -2.24. The van der Waals surface area contributed by atoms with Gasteiger partial charge < -0.3 is 5.32 Å². The first-order valence-corrected chi connectivity index (χ1v) is 11.2. The van der Waals surface area contributed by atoms with Crippen LogP contribution in [0.1, 0.15) is 11.1 Å². The van der Waals surface area contributed by atoms with Crippen LogP contribution in [0.4, 0.5) is 5.69 Å². The molecule has 0 spiro atoms. The SMILES string of the molecule is CSC(Sc1ccccc1)=C(C(=O)NCc1ccccc1)c1ccc([N+](=O)[O-])cc1. The van der Waals surface area contributed by atoms with Crippen LogP contribution in [0.5, 0.6) is 0 Å². The van der Waals surface area contributed by atoms with Crippen molar-refractivity contribution in [3.63, 3.8) is 0 Å². The van der Waals surface area contributed by atoms with Crippen LogP contribution >= 0.6 is 23.5 Å². The molecule has 0 saturated heterocycles. The van der Waals surface area contributed by atoms with Crippen molar-refractivity contribution in [2.75, 3.05) is 6.26 Å². The number of nitro benzene ring substituents is 1. The third kappa shape index (κ3) is 5.75. The minimum absolute atomic E-state index is 0.00999. The van der Waals surface area contributed by atoms with Gasteiger partial charge in [0.25, 0.3) is 11.6 Å². The van der Waals surface area contributed by atoms with E-state index in [-0.39, 0.29) is 11.6 Å². The van der Waals surface area contributed by atoms with Gasteiger partial charge in [-0.05, 0) is 41.6 Å². The molecule has 0 aliphatic carbocycles. The molecule has 1 N–H and O–H groups in total. The molecule has 152 valence electrons. The van der Waals surface area contributed by atoms with Crippen LogP contribution in [0.2, 0.25) is 0 Å². The fourth-order valence-corrected chi connectivity index (χ4v) is 4.60. The first-order chi connectivity index (χ1) is 14.6. The summed E-state index contributed by atoms with van der Waals surface area (Å²) in [7, 11) is 0. The van der Waals surface area contributed by atoms with Gasteiger partial charge in [-0.15, -0.1) is 11.8 Å². The predicted octanol–water partition coefficient (Wildman–Crippen LogP) is 5.74. The van der Waals surface area contributed by atoms with Gasteiger partial charge in [-0.3, -0.25) is 14.9 Å². The van der Waals surface area contributed by atoms with Gasteiger partial charge in [-0.2, -0.15) is 0 Å². The maximum Gasteiger partial charge on any atom is 0.269 e. The zero-order chi connectivity index (χ0) is 21.3.